The van der Waals surface area contributed by atoms with E-state index in [0.29, 0.717) is 81.3 Å². The number of ether oxygens (including phenoxy) is 1. The van der Waals surface area contributed by atoms with Crippen LogP contribution in [0.3, 0.4) is 0 Å². The number of pyridine rings is 3. The van der Waals surface area contributed by atoms with Crippen molar-refractivity contribution < 1.29 is 27.9 Å². The Kier molecular flexibility index (Phi) is 23.0. The lowest BCUT2D eigenvalue weighted by Crippen LogP contribution is -2.44. The van der Waals surface area contributed by atoms with Gasteiger partial charge in [0.1, 0.15) is 11.6 Å². The zero-order chi connectivity index (χ0) is 74.2. The summed E-state index contributed by atoms with van der Waals surface area (Å²) in [5.41, 5.74) is 13.2. The third-order valence-electron chi connectivity index (χ3n) is 18.1. The van der Waals surface area contributed by atoms with Gasteiger partial charge in [-0.25, -0.2) is 38.7 Å². The van der Waals surface area contributed by atoms with E-state index in [9.17, 15) is 14.4 Å². The molecule has 26 heteroatoms. The predicted octanol–water partition coefficient (Wildman–Crippen LogP) is 13.5. The molecule has 3 fully saturated rings. The van der Waals surface area contributed by atoms with Gasteiger partial charge in [0.2, 0.25) is 35.6 Å². The summed E-state index contributed by atoms with van der Waals surface area (Å²) in [6, 6.07) is 44.5. The number of piperazine rings is 2. The molecule has 6 aromatic heterocycles. The van der Waals surface area contributed by atoms with Crippen molar-refractivity contribution in [1.82, 2.24) is 55.1 Å². The van der Waals surface area contributed by atoms with Gasteiger partial charge in [0.15, 0.2) is 0 Å². The van der Waals surface area contributed by atoms with Gasteiger partial charge in [0.05, 0.1) is 69.3 Å². The number of hydrogen-bond donors (Lipinski definition) is 7. The van der Waals surface area contributed by atoms with E-state index < -0.39 is 11.6 Å². The molecule has 3 aliphatic rings. The van der Waals surface area contributed by atoms with Crippen molar-refractivity contribution in [3.05, 3.63) is 238 Å². The van der Waals surface area contributed by atoms with Gasteiger partial charge < -0.3 is 61.6 Å². The zero-order valence-corrected chi connectivity index (χ0v) is 59.1. The molecule has 3 aliphatic heterocycles. The molecule has 0 bridgehead atoms. The Morgan fingerprint density at radius 1 is 0.467 bits per heavy atom. The average molecular weight is 1430 g/mol. The van der Waals surface area contributed by atoms with Crippen LogP contribution < -0.4 is 51.9 Å². The molecule has 0 unspecified atom stereocenters. The first-order chi connectivity index (χ1) is 52.3. The lowest BCUT2D eigenvalue weighted by atomic mass is 9.98. The number of nitrogens with zero attached hydrogens (tertiary/aromatic N) is 13. The van der Waals surface area contributed by atoms with Crippen LogP contribution in [-0.4, -0.2) is 153 Å². The summed E-state index contributed by atoms with van der Waals surface area (Å²) in [6.07, 6.45) is 14.2. The average Bonchev–Trinajstić information content (AvgIpc) is 0.785. The number of para-hydroxylation sites is 2. The summed E-state index contributed by atoms with van der Waals surface area (Å²) < 4.78 is 35.6. The topological polar surface area (TPSA) is 274 Å². The summed E-state index contributed by atoms with van der Waals surface area (Å²) in [4.78, 5) is 85.3. The molecule has 0 spiro atoms. The van der Waals surface area contributed by atoms with Crippen LogP contribution in [0.1, 0.15) is 12.5 Å². The van der Waals surface area contributed by atoms with Crippen molar-refractivity contribution in [1.29, 1.82) is 0 Å². The minimum absolute atomic E-state index is 0.233. The predicted molar refractivity (Wildman–Crippen MR) is 421 cm³/mol. The lowest BCUT2D eigenvalue weighted by molar-refractivity contribution is -0.112. The molecule has 0 radical (unpaired) electrons. The van der Waals surface area contributed by atoms with E-state index in [0.717, 1.165) is 128 Å². The van der Waals surface area contributed by atoms with E-state index in [1.165, 1.54) is 48.4 Å². The summed E-state index contributed by atoms with van der Waals surface area (Å²) >= 11 is 0. The van der Waals surface area contributed by atoms with Crippen LogP contribution in [0.2, 0.25) is 0 Å². The highest BCUT2D eigenvalue weighted by atomic mass is 19.1. The smallest absolute Gasteiger partial charge is 0.247 e. The number of aryl methyl sites for hydroxylation is 1. The van der Waals surface area contributed by atoms with Crippen molar-refractivity contribution in [3.8, 4) is 33.8 Å². The van der Waals surface area contributed by atoms with Crippen LogP contribution in [0.4, 0.5) is 77.8 Å². The van der Waals surface area contributed by atoms with Gasteiger partial charge >= 0.3 is 0 Å². The van der Waals surface area contributed by atoms with Crippen LogP contribution in [0, 0.1) is 11.6 Å². The minimum Gasteiger partial charge on any atom is -0.378 e. The fourth-order valence-corrected chi connectivity index (χ4v) is 12.6. The Balaban J connectivity index is 0.000000142. The first kappa shape index (κ1) is 72.3. The monoisotopic (exact) mass is 1430 g/mol. The molecular weight excluding hydrogens is 1360 g/mol. The van der Waals surface area contributed by atoms with Crippen LogP contribution >= 0.6 is 0 Å². The summed E-state index contributed by atoms with van der Waals surface area (Å²) in [5.74, 6) is -0.739. The number of fused-ring (bicyclic) bond motifs is 3. The first-order valence-corrected chi connectivity index (χ1v) is 35.0. The Morgan fingerprint density at radius 3 is 1.35 bits per heavy atom. The molecule has 6 aromatic carbocycles. The van der Waals surface area contributed by atoms with Gasteiger partial charge in [-0.3, -0.25) is 29.3 Å². The second kappa shape index (κ2) is 34.0. The summed E-state index contributed by atoms with van der Waals surface area (Å²) in [6.45, 7) is 23.6. The number of likely N-dealkylation sites (N-methyl/N-ethyl adjacent to an activating group) is 1. The van der Waals surface area contributed by atoms with Gasteiger partial charge in [-0.15, -0.1) is 0 Å². The molecule has 540 valence electrons. The molecule has 107 heavy (non-hydrogen) atoms. The number of carbonyl (C=O) groups is 3. The molecule has 0 aliphatic carbocycles. The van der Waals surface area contributed by atoms with E-state index in [4.69, 9.17) is 9.72 Å². The number of nitrogens with one attached hydrogen (secondary N) is 7. The van der Waals surface area contributed by atoms with Crippen LogP contribution in [0.5, 0.6) is 0 Å². The fourth-order valence-electron chi connectivity index (χ4n) is 12.6. The number of carbonyl (C=O) groups excluding carboxylic acids is 3. The number of aromatic nitrogens is 9. The van der Waals surface area contributed by atoms with Gasteiger partial charge in [-0.1, -0.05) is 50.9 Å². The number of amides is 3. The number of anilines is 12. The Hall–Kier alpha value is -13.0. The van der Waals surface area contributed by atoms with Gasteiger partial charge in [0, 0.05) is 164 Å². The number of morpholine rings is 1. The molecule has 3 amide bonds. The number of rotatable bonds is 19. The largest absolute Gasteiger partial charge is 0.378 e. The van der Waals surface area contributed by atoms with Crippen LogP contribution in [0.25, 0.3) is 66.5 Å². The van der Waals surface area contributed by atoms with E-state index in [-0.39, 0.29) is 28.8 Å². The lowest BCUT2D eigenvalue weighted by Gasteiger charge is -2.34. The van der Waals surface area contributed by atoms with E-state index in [2.05, 4.69) is 167 Å². The summed E-state index contributed by atoms with van der Waals surface area (Å²) in [5, 5.41) is 23.6. The maximum absolute atomic E-state index is 15.0. The normalized spacial score (nSPS) is 13.6. The molecule has 9 heterocycles. The molecule has 7 N–H and O–H groups in total. The Labute approximate surface area is 616 Å². The second-order valence-corrected chi connectivity index (χ2v) is 25.2. The Morgan fingerprint density at radius 2 is 0.888 bits per heavy atom. The molecular formula is C81H78F2N20O4. The van der Waals surface area contributed by atoms with E-state index in [1.54, 1.807) is 61.1 Å². The van der Waals surface area contributed by atoms with Crippen molar-refractivity contribution in [2.75, 3.05) is 132 Å². The quantitative estimate of drug-likeness (QED) is 0.0371. The van der Waals surface area contributed by atoms with Crippen molar-refractivity contribution in [2.45, 2.75) is 13.3 Å². The fraction of sp³-hybridized carbons (Fsp3) is 0.185. The minimum atomic E-state index is -0.470. The molecule has 0 atom stereocenters. The first-order valence-electron chi connectivity index (χ1n) is 35.0. The third-order valence-corrected chi connectivity index (χ3v) is 18.1. The molecule has 15 rings (SSSR count). The molecule has 0 saturated carbocycles. The van der Waals surface area contributed by atoms with Crippen molar-refractivity contribution in [2.24, 2.45) is 0 Å². The maximum atomic E-state index is 15.0. The molecule has 3 saturated heterocycles. The maximum Gasteiger partial charge on any atom is 0.247 e. The SMILES string of the molecule is C=CC(=O)Nc1ccnc(-c2c(CC)ccc3cnc(Nc4ccccc4N4CCOCC4)nc23)c1.C=CC(=O)Nc1ccnc(-c2c(F)ccc3cnc(Nc4ccc(N5CCN(C)CC5)cc4)nc23)c1.C=CC(=O)Nc1ccnc(-c2c(F)ccc3cnc(Nc4ccc(N5CCNCC5)cc4)nc23)c1. The van der Waals surface area contributed by atoms with Crippen molar-refractivity contribution in [3.63, 3.8) is 0 Å². The summed E-state index contributed by atoms with van der Waals surface area (Å²) in [7, 11) is 2.14. The number of hydrogen-bond acceptors (Lipinski definition) is 21. The second-order valence-electron chi connectivity index (χ2n) is 25.2. The highest BCUT2D eigenvalue weighted by Gasteiger charge is 2.22. The van der Waals surface area contributed by atoms with Gasteiger partial charge in [-0.2, -0.15) is 0 Å². The van der Waals surface area contributed by atoms with Crippen LogP contribution in [0.15, 0.2) is 221 Å². The van der Waals surface area contributed by atoms with Gasteiger partial charge in [0.25, 0.3) is 0 Å². The third kappa shape index (κ3) is 17.8. The number of benzene rings is 6. The number of halogens is 2. The molecule has 24 nitrogen and oxygen atoms in total. The van der Waals surface area contributed by atoms with Crippen LogP contribution in [-0.2, 0) is 25.5 Å². The van der Waals surface area contributed by atoms with Crippen molar-refractivity contribution >= 4 is 119 Å². The van der Waals surface area contributed by atoms with E-state index in [1.807, 2.05) is 60.8 Å². The zero-order valence-electron chi connectivity index (χ0n) is 59.1. The Bertz CT molecular complexity index is 5240. The highest BCUT2D eigenvalue weighted by Crippen LogP contribution is 2.37. The van der Waals surface area contributed by atoms with Gasteiger partial charge in [-0.05, 0) is 159 Å². The van der Waals surface area contributed by atoms with E-state index >= 15 is 8.78 Å². The highest BCUT2D eigenvalue weighted by molar-refractivity contribution is 6.02. The standard InChI is InChI=1S/C28H28N6O2.C27H26FN7O.C26H24FN7O/c1-3-19-9-10-20-18-30-28(32-22-7-5-6-8-24(22)34-13-15-36-16-14-34)33-27(20)26(19)23-17-21(11-12-29-23)31-25(35)4-2;1-3-24(36)31-20-10-11-29-23(16-20)25-22(28)9-4-18-17-30-27(33-26(18)25)32-19-5-7-21(8-6-19)35-14-12-34(2)13-15-35;1-2-23(35)31-19-9-10-29-22(15-19)24-21(27)8-3-17-16-30-26(33-25(17)24)32-18-4-6-20(7-5-18)34-13-11-28-12-14-34/h4-12,17-18H,2-3,13-16H2,1H3,(H,29,31,35)(H,30,32,33);3-11,16-17H,1,12-15H2,2H3,(H,29,31,36)(H,30,32,33);2-10,15-16,28H,1,11-14H2,(H,29,31,35)(H,30,32,33). The molecule has 12 aromatic rings.